The Labute approximate surface area is 184 Å². The van der Waals surface area contributed by atoms with Gasteiger partial charge in [-0.05, 0) is 62.0 Å². The number of pyridine rings is 1. The van der Waals surface area contributed by atoms with Crippen LogP contribution in [-0.2, 0) is 14.3 Å². The van der Waals surface area contributed by atoms with E-state index in [-0.39, 0.29) is 17.4 Å². The summed E-state index contributed by atoms with van der Waals surface area (Å²) in [5.74, 6) is -1.84. The number of amides is 1. The average molecular weight is 458 g/mol. The molecule has 1 amide bonds. The van der Waals surface area contributed by atoms with Gasteiger partial charge in [-0.1, -0.05) is 0 Å². The molecular weight excluding hydrogens is 429 g/mol. The fourth-order valence-electron chi connectivity index (χ4n) is 4.04. The number of aliphatic carboxylic acids is 1. The molecular formula is C22H29F3N2O5. The maximum atomic E-state index is 12.7. The van der Waals surface area contributed by atoms with E-state index < -0.39 is 12.1 Å². The number of ether oxygens (including phenoxy) is 2. The first-order valence-electron chi connectivity index (χ1n) is 10.8. The van der Waals surface area contributed by atoms with E-state index in [1.165, 1.54) is 12.8 Å². The van der Waals surface area contributed by atoms with Gasteiger partial charge in [0, 0.05) is 32.1 Å². The Hall–Kier alpha value is -2.20. The summed E-state index contributed by atoms with van der Waals surface area (Å²) in [6.45, 7) is 6.04. The molecule has 10 heteroatoms. The third-order valence-electron chi connectivity index (χ3n) is 6.12. The summed E-state index contributed by atoms with van der Waals surface area (Å²) in [5.41, 5.74) is 1.97. The van der Waals surface area contributed by atoms with Crippen LogP contribution in [0.1, 0.15) is 48.0 Å². The molecule has 1 aromatic rings. The summed E-state index contributed by atoms with van der Waals surface area (Å²) in [7, 11) is 0. The number of carboxylic acids is 1. The largest absolute Gasteiger partial charge is 0.490 e. The topological polar surface area (TPSA) is 89.0 Å². The van der Waals surface area contributed by atoms with E-state index in [1.807, 2.05) is 17.9 Å². The zero-order valence-corrected chi connectivity index (χ0v) is 18.1. The van der Waals surface area contributed by atoms with Crippen LogP contribution in [0.2, 0.25) is 0 Å². The van der Waals surface area contributed by atoms with Crippen LogP contribution in [0.5, 0.6) is 0 Å². The smallest absolute Gasteiger partial charge is 0.475 e. The normalized spacial score (nSPS) is 22.4. The van der Waals surface area contributed by atoms with Crippen molar-refractivity contribution in [2.24, 2.45) is 11.3 Å². The van der Waals surface area contributed by atoms with E-state index in [0.717, 1.165) is 63.7 Å². The second kappa shape index (κ2) is 10.2. The Kier molecular flexibility index (Phi) is 7.76. The number of carbonyl (C=O) groups is 2. The number of carbonyl (C=O) groups excluding carboxylic acids is 1. The molecule has 0 bridgehead atoms. The average Bonchev–Trinajstić information content (AvgIpc) is 3.48. The first kappa shape index (κ1) is 24.4. The van der Waals surface area contributed by atoms with Crippen molar-refractivity contribution in [1.82, 2.24) is 9.88 Å². The second-order valence-corrected chi connectivity index (χ2v) is 8.96. The van der Waals surface area contributed by atoms with Crippen molar-refractivity contribution in [3.63, 3.8) is 0 Å². The minimum Gasteiger partial charge on any atom is -0.475 e. The van der Waals surface area contributed by atoms with Gasteiger partial charge in [0.2, 0.25) is 0 Å². The molecule has 7 nitrogen and oxygen atoms in total. The number of aromatic nitrogens is 1. The fourth-order valence-corrected chi connectivity index (χ4v) is 4.04. The quantitative estimate of drug-likeness (QED) is 0.727. The lowest BCUT2D eigenvalue weighted by Gasteiger charge is -2.38. The molecule has 1 aromatic heterocycles. The summed E-state index contributed by atoms with van der Waals surface area (Å²) >= 11 is 0. The summed E-state index contributed by atoms with van der Waals surface area (Å²) in [5, 5.41) is 7.12. The first-order chi connectivity index (χ1) is 15.1. The number of halogens is 3. The molecule has 2 aliphatic heterocycles. The van der Waals surface area contributed by atoms with Gasteiger partial charge in [-0.2, -0.15) is 13.2 Å². The monoisotopic (exact) mass is 458 g/mol. The molecule has 1 aliphatic carbocycles. The molecule has 1 N–H and O–H groups in total. The van der Waals surface area contributed by atoms with Crippen LogP contribution in [0.25, 0.3) is 0 Å². The Morgan fingerprint density at radius 3 is 2.47 bits per heavy atom. The second-order valence-electron chi connectivity index (χ2n) is 8.96. The van der Waals surface area contributed by atoms with Crippen LogP contribution in [0.4, 0.5) is 13.2 Å². The van der Waals surface area contributed by atoms with E-state index in [0.29, 0.717) is 5.56 Å². The van der Waals surface area contributed by atoms with Gasteiger partial charge in [0.25, 0.3) is 5.91 Å². The lowest BCUT2D eigenvalue weighted by molar-refractivity contribution is -0.192. The van der Waals surface area contributed by atoms with E-state index in [4.69, 9.17) is 19.4 Å². The molecule has 3 fully saturated rings. The molecule has 3 heterocycles. The molecule has 2 saturated heterocycles. The van der Waals surface area contributed by atoms with Gasteiger partial charge in [-0.15, -0.1) is 0 Å². The highest BCUT2D eigenvalue weighted by atomic mass is 19.4. The minimum absolute atomic E-state index is 0.106. The van der Waals surface area contributed by atoms with Gasteiger partial charge < -0.3 is 19.5 Å². The van der Waals surface area contributed by atoms with Crippen molar-refractivity contribution in [2.45, 2.75) is 51.3 Å². The van der Waals surface area contributed by atoms with Crippen LogP contribution < -0.4 is 0 Å². The van der Waals surface area contributed by atoms with E-state index >= 15 is 0 Å². The number of carboxylic acid groups (broad SMARTS) is 1. The van der Waals surface area contributed by atoms with Crippen molar-refractivity contribution in [2.75, 3.05) is 32.9 Å². The molecule has 3 aliphatic rings. The van der Waals surface area contributed by atoms with Crippen LogP contribution in [0.15, 0.2) is 18.5 Å². The first-order valence-corrected chi connectivity index (χ1v) is 10.8. The van der Waals surface area contributed by atoms with Crippen LogP contribution in [-0.4, -0.2) is 72.1 Å². The van der Waals surface area contributed by atoms with Gasteiger partial charge in [0.1, 0.15) is 0 Å². The summed E-state index contributed by atoms with van der Waals surface area (Å²) in [4.78, 5) is 27.7. The third kappa shape index (κ3) is 6.90. The summed E-state index contributed by atoms with van der Waals surface area (Å²) < 4.78 is 43.5. The maximum absolute atomic E-state index is 12.7. The number of piperidine rings is 1. The number of nitrogens with zero attached hydrogens (tertiary/aromatic N) is 2. The Balaban J connectivity index is 0.000000360. The Morgan fingerprint density at radius 2 is 1.91 bits per heavy atom. The number of alkyl halides is 3. The van der Waals surface area contributed by atoms with Crippen molar-refractivity contribution in [3.8, 4) is 0 Å². The van der Waals surface area contributed by atoms with Crippen molar-refractivity contribution < 1.29 is 37.3 Å². The zero-order valence-electron chi connectivity index (χ0n) is 18.1. The van der Waals surface area contributed by atoms with E-state index in [1.54, 1.807) is 12.4 Å². The van der Waals surface area contributed by atoms with Crippen LogP contribution in [0, 0.1) is 18.3 Å². The molecule has 0 aromatic carbocycles. The highest BCUT2D eigenvalue weighted by Crippen LogP contribution is 2.42. The summed E-state index contributed by atoms with van der Waals surface area (Å²) in [6, 6.07) is 1.92. The predicted molar refractivity (Wildman–Crippen MR) is 108 cm³/mol. The van der Waals surface area contributed by atoms with E-state index in [2.05, 4.69) is 4.98 Å². The minimum atomic E-state index is -5.08. The van der Waals surface area contributed by atoms with Crippen molar-refractivity contribution >= 4 is 11.9 Å². The van der Waals surface area contributed by atoms with Crippen molar-refractivity contribution in [1.29, 1.82) is 0 Å². The van der Waals surface area contributed by atoms with Gasteiger partial charge in [0.15, 0.2) is 0 Å². The zero-order chi connectivity index (χ0) is 23.4. The highest BCUT2D eigenvalue weighted by Gasteiger charge is 2.43. The highest BCUT2D eigenvalue weighted by molar-refractivity contribution is 5.94. The van der Waals surface area contributed by atoms with Crippen molar-refractivity contribution in [3.05, 3.63) is 29.6 Å². The number of hydrogen-bond acceptors (Lipinski definition) is 5. The molecule has 1 spiro atoms. The number of likely N-dealkylation sites (tertiary alicyclic amines) is 1. The molecule has 1 atom stereocenters. The molecule has 0 radical (unpaired) electrons. The van der Waals surface area contributed by atoms with Gasteiger partial charge >= 0.3 is 12.1 Å². The Morgan fingerprint density at radius 1 is 1.25 bits per heavy atom. The standard InChI is InChI=1S/C20H28N2O3.C2HF3O2/c1-15-8-17(11-21-10-15)19(23)22-6-4-20(5-7-22)9-18(25-14-20)13-24-12-16-2-3-16;3-2(4,5)1(6)7/h8,10-11,16,18H,2-7,9,12-14H2,1H3;(H,6,7). The number of hydrogen-bond donors (Lipinski definition) is 1. The molecule has 1 saturated carbocycles. The third-order valence-corrected chi connectivity index (χ3v) is 6.12. The molecule has 1 unspecified atom stereocenters. The van der Waals surface area contributed by atoms with Crippen LogP contribution >= 0.6 is 0 Å². The Bertz CT molecular complexity index is 805. The predicted octanol–water partition coefficient (Wildman–Crippen LogP) is 3.46. The van der Waals surface area contributed by atoms with Gasteiger partial charge in [0.05, 0.1) is 24.9 Å². The lowest BCUT2D eigenvalue weighted by Crippen LogP contribution is -2.43. The fraction of sp³-hybridized carbons (Fsp3) is 0.682. The number of rotatable bonds is 5. The van der Waals surface area contributed by atoms with Crippen LogP contribution in [0.3, 0.4) is 0 Å². The molecule has 178 valence electrons. The van der Waals surface area contributed by atoms with Gasteiger partial charge in [-0.3, -0.25) is 9.78 Å². The number of aryl methyl sites for hydroxylation is 1. The molecule has 32 heavy (non-hydrogen) atoms. The van der Waals surface area contributed by atoms with Gasteiger partial charge in [-0.25, -0.2) is 4.79 Å². The lowest BCUT2D eigenvalue weighted by atomic mass is 9.76. The van der Waals surface area contributed by atoms with E-state index in [9.17, 15) is 18.0 Å². The molecule has 4 rings (SSSR count). The SMILES string of the molecule is Cc1cncc(C(=O)N2CCC3(CC2)COC(COCC2CC2)C3)c1.O=C(O)C(F)(F)F. The maximum Gasteiger partial charge on any atom is 0.490 e. The summed E-state index contributed by atoms with van der Waals surface area (Å²) in [6.07, 6.45) is 4.39.